The van der Waals surface area contributed by atoms with E-state index in [2.05, 4.69) is 32.5 Å². The van der Waals surface area contributed by atoms with Gasteiger partial charge in [0.2, 0.25) is 5.91 Å². The van der Waals surface area contributed by atoms with Gasteiger partial charge in [-0.2, -0.15) is 5.10 Å². The van der Waals surface area contributed by atoms with Crippen LogP contribution in [-0.4, -0.2) is 62.8 Å². The molecular weight excluding hydrogens is 432 g/mol. The number of nitrogens with one attached hydrogen (secondary N) is 1. The van der Waals surface area contributed by atoms with E-state index in [-0.39, 0.29) is 29.4 Å². The van der Waals surface area contributed by atoms with Crippen molar-refractivity contribution in [2.45, 2.75) is 43.4 Å². The number of pyridine rings is 1. The number of nitrogens with zero attached hydrogens (tertiary/aromatic N) is 5. The third kappa shape index (κ3) is 3.96. The number of hydrogen-bond donors (Lipinski definition) is 1. The molecule has 1 spiro atoms. The van der Waals surface area contributed by atoms with Gasteiger partial charge in [0.1, 0.15) is 18.3 Å². The lowest BCUT2D eigenvalue weighted by molar-refractivity contribution is -0.134. The topological polar surface area (TPSA) is 102 Å². The van der Waals surface area contributed by atoms with Gasteiger partial charge in [-0.15, -0.1) is 0 Å². The highest BCUT2D eigenvalue weighted by molar-refractivity contribution is 5.92. The van der Waals surface area contributed by atoms with Gasteiger partial charge >= 0.3 is 0 Å². The molecule has 2 aromatic heterocycles. The highest BCUT2D eigenvalue weighted by atomic mass is 16.5. The average molecular weight is 461 g/mol. The molecule has 2 aliphatic rings. The molecule has 1 fully saturated rings. The van der Waals surface area contributed by atoms with Gasteiger partial charge in [-0.05, 0) is 36.1 Å². The minimum absolute atomic E-state index is 0.116. The van der Waals surface area contributed by atoms with E-state index in [1.54, 1.807) is 42.5 Å². The first-order valence-corrected chi connectivity index (χ1v) is 11.6. The lowest BCUT2D eigenvalue weighted by Crippen LogP contribution is -2.51. The van der Waals surface area contributed by atoms with Gasteiger partial charge in [-0.1, -0.05) is 30.3 Å². The molecule has 1 N–H and O–H groups in total. The zero-order valence-corrected chi connectivity index (χ0v) is 19.1. The van der Waals surface area contributed by atoms with Crippen LogP contribution < -0.4 is 5.32 Å². The maximum atomic E-state index is 13.0. The quantitative estimate of drug-likeness (QED) is 0.605. The maximum absolute atomic E-state index is 13.0. The van der Waals surface area contributed by atoms with Crippen molar-refractivity contribution in [1.29, 1.82) is 0 Å². The number of fused-ring (bicyclic) bond motifs is 2. The molecule has 3 aromatic rings. The normalized spacial score (nSPS) is 20.8. The van der Waals surface area contributed by atoms with Crippen LogP contribution in [0.4, 0.5) is 0 Å². The van der Waals surface area contributed by atoms with Crippen LogP contribution in [0.15, 0.2) is 61.3 Å². The second kappa shape index (κ2) is 9.34. The Labute approximate surface area is 198 Å². The van der Waals surface area contributed by atoms with Crippen LogP contribution in [0.5, 0.6) is 0 Å². The van der Waals surface area contributed by atoms with Crippen molar-refractivity contribution >= 4 is 11.8 Å². The third-order valence-corrected chi connectivity index (χ3v) is 7.15. The molecule has 0 bridgehead atoms. The summed E-state index contributed by atoms with van der Waals surface area (Å²) < 4.78 is 7.74. The first kappa shape index (κ1) is 22.2. The molecule has 1 aromatic carbocycles. The van der Waals surface area contributed by atoms with E-state index in [1.807, 2.05) is 17.0 Å². The second-order valence-electron chi connectivity index (χ2n) is 8.86. The number of piperidine rings is 1. The predicted octanol–water partition coefficient (Wildman–Crippen LogP) is 2.12. The smallest absolute Gasteiger partial charge is 0.270 e. The van der Waals surface area contributed by atoms with Crippen molar-refractivity contribution in [2.75, 3.05) is 20.2 Å². The van der Waals surface area contributed by atoms with Crippen LogP contribution in [-0.2, 0) is 21.5 Å². The summed E-state index contributed by atoms with van der Waals surface area (Å²) >= 11 is 0. The Morgan fingerprint density at radius 1 is 1.15 bits per heavy atom. The molecule has 2 atom stereocenters. The van der Waals surface area contributed by atoms with Crippen molar-refractivity contribution in [3.63, 3.8) is 0 Å². The number of rotatable bonds is 6. The number of amides is 2. The van der Waals surface area contributed by atoms with Crippen LogP contribution in [0.1, 0.15) is 46.9 Å². The molecule has 0 unspecified atom stereocenters. The van der Waals surface area contributed by atoms with Crippen molar-refractivity contribution < 1.29 is 14.3 Å². The fourth-order valence-corrected chi connectivity index (χ4v) is 5.51. The van der Waals surface area contributed by atoms with E-state index in [1.165, 1.54) is 11.9 Å². The minimum atomic E-state index is -0.287. The number of aromatic nitrogens is 4. The number of likely N-dealkylation sites (tertiary alicyclic amines) is 1. The standard InChI is InChI=1S/C25H28N6O3/c1-34-23-22(29-24(33)20-8-4-5-12-27-20)18-6-2-3-7-19(18)25(23)10-14-30(15-11-25)21(32)9-13-31-17-26-16-28-31/h2-8,12,16-17,22-23H,9-11,13-15H2,1H3,(H,29,33)/t22-,23+/m1/s1. The first-order valence-electron chi connectivity index (χ1n) is 11.6. The molecule has 1 aliphatic heterocycles. The Morgan fingerprint density at radius 3 is 2.65 bits per heavy atom. The fourth-order valence-electron chi connectivity index (χ4n) is 5.51. The molecule has 1 aliphatic carbocycles. The Morgan fingerprint density at radius 2 is 1.94 bits per heavy atom. The Balaban J connectivity index is 1.33. The number of benzene rings is 1. The molecule has 9 nitrogen and oxygen atoms in total. The van der Waals surface area contributed by atoms with Crippen LogP contribution in [0.25, 0.3) is 0 Å². The van der Waals surface area contributed by atoms with Gasteiger partial charge in [0.05, 0.1) is 18.7 Å². The number of aryl methyl sites for hydroxylation is 1. The molecule has 1 saturated heterocycles. The maximum Gasteiger partial charge on any atom is 0.270 e. The molecule has 176 valence electrons. The van der Waals surface area contributed by atoms with E-state index in [0.29, 0.717) is 31.7 Å². The lowest BCUT2D eigenvalue weighted by atomic mass is 9.72. The van der Waals surface area contributed by atoms with E-state index >= 15 is 0 Å². The number of hydrogen-bond acceptors (Lipinski definition) is 6. The van der Waals surface area contributed by atoms with Crippen LogP contribution >= 0.6 is 0 Å². The Kier molecular flexibility index (Phi) is 6.10. The summed E-state index contributed by atoms with van der Waals surface area (Å²) in [7, 11) is 1.70. The van der Waals surface area contributed by atoms with Gasteiger partial charge in [0.15, 0.2) is 0 Å². The minimum Gasteiger partial charge on any atom is -0.378 e. The highest BCUT2D eigenvalue weighted by Crippen LogP contribution is 2.52. The van der Waals surface area contributed by atoms with E-state index < -0.39 is 0 Å². The molecule has 0 saturated carbocycles. The average Bonchev–Trinajstić information content (AvgIpc) is 3.49. The lowest BCUT2D eigenvalue weighted by Gasteiger charge is -2.44. The van der Waals surface area contributed by atoms with Crippen molar-refractivity contribution in [3.05, 3.63) is 78.1 Å². The summed E-state index contributed by atoms with van der Waals surface area (Å²) in [6.07, 6.45) is 6.41. The molecule has 2 amide bonds. The molecule has 9 heteroatoms. The summed E-state index contributed by atoms with van der Waals surface area (Å²) in [5.74, 6) is -0.106. The summed E-state index contributed by atoms with van der Waals surface area (Å²) in [6, 6.07) is 13.2. The summed E-state index contributed by atoms with van der Waals surface area (Å²) in [5.41, 5.74) is 2.38. The molecular formula is C25H28N6O3. The number of ether oxygens (including phenoxy) is 1. The largest absolute Gasteiger partial charge is 0.378 e. The molecule has 3 heterocycles. The summed E-state index contributed by atoms with van der Waals surface area (Å²) in [6.45, 7) is 1.81. The monoisotopic (exact) mass is 460 g/mol. The van der Waals surface area contributed by atoms with Gasteiger partial charge in [-0.3, -0.25) is 19.3 Å². The van der Waals surface area contributed by atoms with E-state index in [0.717, 1.165) is 18.4 Å². The zero-order chi connectivity index (χ0) is 23.5. The number of carbonyl (C=O) groups excluding carboxylic acids is 2. The number of carbonyl (C=O) groups is 2. The summed E-state index contributed by atoms with van der Waals surface area (Å²) in [5, 5.41) is 7.24. The van der Waals surface area contributed by atoms with Gasteiger partial charge in [0, 0.05) is 38.2 Å². The second-order valence-corrected chi connectivity index (χ2v) is 8.86. The van der Waals surface area contributed by atoms with Crippen molar-refractivity contribution in [3.8, 4) is 0 Å². The van der Waals surface area contributed by atoms with Crippen molar-refractivity contribution in [1.82, 2.24) is 30.0 Å². The Hall–Kier alpha value is -3.59. The SMILES string of the molecule is CO[C@H]1[C@H](NC(=O)c2ccccn2)c2ccccc2C12CCN(C(=O)CCn1cncn1)CC2. The van der Waals surface area contributed by atoms with Crippen LogP contribution in [0.2, 0.25) is 0 Å². The van der Waals surface area contributed by atoms with Crippen LogP contribution in [0.3, 0.4) is 0 Å². The van der Waals surface area contributed by atoms with Gasteiger partial charge < -0.3 is 15.0 Å². The molecule has 5 rings (SSSR count). The van der Waals surface area contributed by atoms with Crippen LogP contribution in [0, 0.1) is 0 Å². The van der Waals surface area contributed by atoms with E-state index in [9.17, 15) is 9.59 Å². The van der Waals surface area contributed by atoms with Gasteiger partial charge in [-0.25, -0.2) is 4.98 Å². The zero-order valence-electron chi connectivity index (χ0n) is 19.1. The first-order chi connectivity index (χ1) is 16.6. The predicted molar refractivity (Wildman–Crippen MR) is 124 cm³/mol. The fraction of sp³-hybridized carbons (Fsp3) is 0.400. The molecule has 34 heavy (non-hydrogen) atoms. The van der Waals surface area contributed by atoms with Crippen molar-refractivity contribution in [2.24, 2.45) is 0 Å². The summed E-state index contributed by atoms with van der Waals surface area (Å²) in [4.78, 5) is 35.8. The Bertz CT molecular complexity index is 1140. The number of methoxy groups -OCH3 is 1. The van der Waals surface area contributed by atoms with Gasteiger partial charge in [0.25, 0.3) is 5.91 Å². The molecule has 0 radical (unpaired) electrons. The van der Waals surface area contributed by atoms with E-state index in [4.69, 9.17) is 4.74 Å². The highest BCUT2D eigenvalue weighted by Gasteiger charge is 2.54. The third-order valence-electron chi connectivity index (χ3n) is 7.15.